The van der Waals surface area contributed by atoms with Crippen molar-refractivity contribution in [3.63, 3.8) is 0 Å². The third-order valence-electron chi connectivity index (χ3n) is 5.02. The maximum atomic E-state index is 13.3. The van der Waals surface area contributed by atoms with Crippen molar-refractivity contribution in [3.05, 3.63) is 65.5 Å². The standard InChI is InChI=1S/C19H19FN2O3S/c1-13-3-2-4-14(9-13)10-21-17-11-26(24,25)12-18(17)22(19(21)23)16-7-5-15(20)6-8-16/h2-9,17-18H,10-12H2,1H3. The van der Waals surface area contributed by atoms with E-state index >= 15 is 0 Å². The van der Waals surface area contributed by atoms with E-state index < -0.39 is 27.7 Å². The molecule has 7 heteroatoms. The summed E-state index contributed by atoms with van der Waals surface area (Å²) in [4.78, 5) is 16.2. The molecule has 0 aliphatic carbocycles. The number of benzene rings is 2. The van der Waals surface area contributed by atoms with E-state index in [1.165, 1.54) is 29.2 Å². The number of anilines is 1. The molecule has 2 heterocycles. The highest BCUT2D eigenvalue weighted by atomic mass is 32.2. The Bertz CT molecular complexity index is 959. The first-order valence-electron chi connectivity index (χ1n) is 8.45. The highest BCUT2D eigenvalue weighted by Crippen LogP contribution is 2.36. The Morgan fingerprint density at radius 1 is 1.08 bits per heavy atom. The summed E-state index contributed by atoms with van der Waals surface area (Å²) in [7, 11) is -3.22. The smallest absolute Gasteiger partial charge is 0.314 e. The Morgan fingerprint density at radius 3 is 2.46 bits per heavy atom. The number of sulfone groups is 1. The van der Waals surface area contributed by atoms with Crippen LogP contribution in [0.4, 0.5) is 14.9 Å². The monoisotopic (exact) mass is 374 g/mol. The molecule has 2 saturated heterocycles. The average Bonchev–Trinajstić information content (AvgIpc) is 3.00. The highest BCUT2D eigenvalue weighted by molar-refractivity contribution is 7.91. The molecule has 2 unspecified atom stereocenters. The van der Waals surface area contributed by atoms with Crippen LogP contribution < -0.4 is 4.90 Å². The second kappa shape index (κ2) is 6.09. The van der Waals surface area contributed by atoms with Crippen molar-refractivity contribution in [2.45, 2.75) is 25.6 Å². The molecule has 0 radical (unpaired) electrons. The summed E-state index contributed by atoms with van der Waals surface area (Å²) in [6, 6.07) is 12.4. The molecule has 0 bridgehead atoms. The maximum absolute atomic E-state index is 13.3. The molecule has 2 aromatic rings. The Morgan fingerprint density at radius 2 is 1.77 bits per heavy atom. The van der Waals surface area contributed by atoms with Crippen LogP contribution in [-0.4, -0.2) is 42.9 Å². The lowest BCUT2D eigenvalue weighted by molar-refractivity contribution is 0.206. The van der Waals surface area contributed by atoms with Crippen LogP contribution >= 0.6 is 0 Å². The summed E-state index contributed by atoms with van der Waals surface area (Å²) < 4.78 is 37.7. The van der Waals surface area contributed by atoms with Gasteiger partial charge in [-0.25, -0.2) is 17.6 Å². The van der Waals surface area contributed by atoms with E-state index in [9.17, 15) is 17.6 Å². The molecule has 2 aromatic carbocycles. The first-order chi connectivity index (χ1) is 12.3. The molecule has 26 heavy (non-hydrogen) atoms. The van der Waals surface area contributed by atoms with Crippen LogP contribution in [0.15, 0.2) is 48.5 Å². The van der Waals surface area contributed by atoms with Gasteiger partial charge in [0.2, 0.25) is 0 Å². The van der Waals surface area contributed by atoms with Gasteiger partial charge in [0.05, 0.1) is 23.6 Å². The van der Waals surface area contributed by atoms with Crippen molar-refractivity contribution in [2.24, 2.45) is 0 Å². The second-order valence-electron chi connectivity index (χ2n) is 6.96. The first kappa shape index (κ1) is 17.0. The lowest BCUT2D eigenvalue weighted by Gasteiger charge is -2.22. The molecule has 0 spiro atoms. The van der Waals surface area contributed by atoms with Crippen molar-refractivity contribution in [1.82, 2.24) is 4.90 Å². The summed E-state index contributed by atoms with van der Waals surface area (Å²) in [5, 5.41) is 0. The molecule has 4 rings (SSSR count). The second-order valence-corrected chi connectivity index (χ2v) is 9.11. The van der Waals surface area contributed by atoms with Crippen LogP contribution in [0.1, 0.15) is 11.1 Å². The molecule has 0 saturated carbocycles. The van der Waals surface area contributed by atoms with Crippen LogP contribution in [0.2, 0.25) is 0 Å². The predicted molar refractivity (Wildman–Crippen MR) is 97.2 cm³/mol. The van der Waals surface area contributed by atoms with Crippen molar-refractivity contribution in [1.29, 1.82) is 0 Å². The van der Waals surface area contributed by atoms with Crippen molar-refractivity contribution in [2.75, 3.05) is 16.4 Å². The fourth-order valence-electron chi connectivity index (χ4n) is 3.87. The molecule has 136 valence electrons. The SMILES string of the molecule is Cc1cccc(CN2C(=O)N(c3ccc(F)cc3)C3CS(=O)(=O)CC32)c1. The quantitative estimate of drug-likeness (QED) is 0.777. The molecule has 2 aliphatic heterocycles. The van der Waals surface area contributed by atoms with Crippen LogP contribution in [0, 0.1) is 12.7 Å². The third-order valence-corrected chi connectivity index (χ3v) is 6.72. The molecular weight excluding hydrogens is 355 g/mol. The van der Waals surface area contributed by atoms with Crippen LogP contribution in [0.5, 0.6) is 0 Å². The van der Waals surface area contributed by atoms with Crippen LogP contribution in [0.3, 0.4) is 0 Å². The van der Waals surface area contributed by atoms with Gasteiger partial charge in [-0.2, -0.15) is 0 Å². The third kappa shape index (κ3) is 2.96. The van der Waals surface area contributed by atoms with E-state index in [1.54, 1.807) is 4.90 Å². The van der Waals surface area contributed by atoms with Gasteiger partial charge >= 0.3 is 6.03 Å². The number of halogens is 1. The molecule has 2 amide bonds. The molecule has 2 atom stereocenters. The summed E-state index contributed by atoms with van der Waals surface area (Å²) in [5.41, 5.74) is 2.57. The zero-order valence-electron chi connectivity index (χ0n) is 14.3. The fourth-order valence-corrected chi connectivity index (χ4v) is 5.82. The van der Waals surface area contributed by atoms with E-state index in [1.807, 2.05) is 31.2 Å². The average molecular weight is 374 g/mol. The summed E-state index contributed by atoms with van der Waals surface area (Å²) in [6.07, 6.45) is 0. The summed E-state index contributed by atoms with van der Waals surface area (Å²) in [5.74, 6) is -0.495. The van der Waals surface area contributed by atoms with E-state index in [2.05, 4.69) is 0 Å². The summed E-state index contributed by atoms with van der Waals surface area (Å²) >= 11 is 0. The van der Waals surface area contributed by atoms with E-state index in [-0.39, 0.29) is 17.5 Å². The van der Waals surface area contributed by atoms with Gasteiger partial charge < -0.3 is 4.90 Å². The number of hydrogen-bond donors (Lipinski definition) is 0. The number of rotatable bonds is 3. The Hall–Kier alpha value is -2.41. The van der Waals surface area contributed by atoms with Gasteiger partial charge in [0, 0.05) is 12.2 Å². The number of nitrogens with zero attached hydrogens (tertiary/aromatic N) is 2. The molecule has 5 nitrogen and oxygen atoms in total. The lowest BCUT2D eigenvalue weighted by atomic mass is 10.1. The summed E-state index contributed by atoms with van der Waals surface area (Å²) in [6.45, 7) is 2.33. The highest BCUT2D eigenvalue weighted by Gasteiger charge is 2.53. The predicted octanol–water partition coefficient (Wildman–Crippen LogP) is 2.74. The van der Waals surface area contributed by atoms with Gasteiger partial charge in [-0.15, -0.1) is 0 Å². The number of amides is 2. The van der Waals surface area contributed by atoms with Gasteiger partial charge in [-0.05, 0) is 36.8 Å². The number of aryl methyl sites for hydroxylation is 1. The maximum Gasteiger partial charge on any atom is 0.325 e. The normalized spacial score (nSPS) is 24.2. The number of carbonyl (C=O) groups excluding carboxylic acids is 1. The van der Waals surface area contributed by atoms with Gasteiger partial charge in [-0.3, -0.25) is 4.90 Å². The number of fused-ring (bicyclic) bond motifs is 1. The van der Waals surface area contributed by atoms with Gasteiger partial charge in [-0.1, -0.05) is 29.8 Å². The zero-order valence-corrected chi connectivity index (χ0v) is 15.1. The minimum Gasteiger partial charge on any atom is -0.314 e. The minimum absolute atomic E-state index is 0.0348. The zero-order chi connectivity index (χ0) is 18.5. The van der Waals surface area contributed by atoms with Crippen LogP contribution in [-0.2, 0) is 16.4 Å². The van der Waals surface area contributed by atoms with E-state index in [0.717, 1.165) is 11.1 Å². The van der Waals surface area contributed by atoms with E-state index in [0.29, 0.717) is 12.2 Å². The van der Waals surface area contributed by atoms with Crippen LogP contribution in [0.25, 0.3) is 0 Å². The number of carbonyl (C=O) groups is 1. The van der Waals surface area contributed by atoms with Gasteiger partial charge in [0.15, 0.2) is 9.84 Å². The number of urea groups is 1. The fraction of sp³-hybridized carbons (Fsp3) is 0.316. The Balaban J connectivity index is 1.70. The largest absolute Gasteiger partial charge is 0.325 e. The van der Waals surface area contributed by atoms with Gasteiger partial charge in [0.1, 0.15) is 5.82 Å². The molecule has 0 aromatic heterocycles. The van der Waals surface area contributed by atoms with Crippen molar-refractivity contribution in [3.8, 4) is 0 Å². The minimum atomic E-state index is -3.22. The number of hydrogen-bond acceptors (Lipinski definition) is 3. The molecule has 0 N–H and O–H groups in total. The lowest BCUT2D eigenvalue weighted by Crippen LogP contribution is -2.37. The molecular formula is C19H19FN2O3S. The molecule has 2 fully saturated rings. The van der Waals surface area contributed by atoms with E-state index in [4.69, 9.17) is 0 Å². The van der Waals surface area contributed by atoms with Crippen molar-refractivity contribution < 1.29 is 17.6 Å². The van der Waals surface area contributed by atoms with Gasteiger partial charge in [0.25, 0.3) is 0 Å². The topological polar surface area (TPSA) is 57.7 Å². The molecule has 2 aliphatic rings. The Labute approximate surface area is 152 Å². The van der Waals surface area contributed by atoms with Crippen molar-refractivity contribution >= 4 is 21.6 Å². The Kier molecular flexibility index (Phi) is 3.99. The first-order valence-corrected chi connectivity index (χ1v) is 10.3.